The highest BCUT2D eigenvalue weighted by Gasteiger charge is 2.36. The summed E-state index contributed by atoms with van der Waals surface area (Å²) >= 11 is 6.60. The van der Waals surface area contributed by atoms with E-state index >= 15 is 0 Å². The number of carbonyl (C=O) groups is 3. The summed E-state index contributed by atoms with van der Waals surface area (Å²) in [7, 11) is 0. The Morgan fingerprint density at radius 3 is 2.69 bits per heavy atom. The molecule has 1 aliphatic heterocycles. The molecule has 0 aliphatic carbocycles. The molecule has 3 rings (SSSR count). The fourth-order valence-corrected chi connectivity index (χ4v) is 3.48. The van der Waals surface area contributed by atoms with Crippen LogP contribution in [0, 0.1) is 0 Å². The Hall–Kier alpha value is -3.03. The number of rotatable bonds is 7. The van der Waals surface area contributed by atoms with Crippen molar-refractivity contribution in [1.82, 2.24) is 4.90 Å². The quantitative estimate of drug-likeness (QED) is 0.516. The summed E-state index contributed by atoms with van der Waals surface area (Å²) in [6.07, 6.45) is 3.23. The minimum Gasteiger partial charge on any atom is -0.490 e. The van der Waals surface area contributed by atoms with Crippen LogP contribution in [0.15, 0.2) is 66.1 Å². The molecule has 1 N–H and O–H groups in total. The summed E-state index contributed by atoms with van der Waals surface area (Å²) in [5.41, 5.74) is 1.24. The van der Waals surface area contributed by atoms with Gasteiger partial charge in [0.1, 0.15) is 18.9 Å². The minimum atomic E-state index is -0.510. The fourth-order valence-electron chi connectivity index (χ4n) is 2.51. The molecule has 0 saturated carbocycles. The van der Waals surface area contributed by atoms with Crippen LogP contribution in [0.4, 0.5) is 10.5 Å². The Balaban J connectivity index is 1.67. The molecule has 8 heteroatoms. The first-order valence-electron chi connectivity index (χ1n) is 8.61. The third kappa shape index (κ3) is 5.49. The molecule has 2 aromatic rings. The number of thioether (sulfide) groups is 1. The molecule has 0 radical (unpaired) electrons. The molecule has 1 heterocycles. The van der Waals surface area contributed by atoms with Crippen LogP contribution in [-0.4, -0.2) is 35.1 Å². The van der Waals surface area contributed by atoms with E-state index in [0.29, 0.717) is 28.6 Å². The summed E-state index contributed by atoms with van der Waals surface area (Å²) in [5.74, 6) is -0.361. The van der Waals surface area contributed by atoms with Crippen LogP contribution in [0.25, 0.3) is 6.08 Å². The maximum atomic E-state index is 12.6. The molecule has 1 aliphatic rings. The second-order valence-electron chi connectivity index (χ2n) is 6.00. The van der Waals surface area contributed by atoms with Crippen molar-refractivity contribution < 1.29 is 19.1 Å². The van der Waals surface area contributed by atoms with Crippen molar-refractivity contribution in [3.05, 3.63) is 76.7 Å². The van der Waals surface area contributed by atoms with Gasteiger partial charge < -0.3 is 10.1 Å². The Morgan fingerprint density at radius 2 is 1.97 bits per heavy atom. The van der Waals surface area contributed by atoms with E-state index in [1.165, 1.54) is 0 Å². The number of hydrogen-bond donors (Lipinski definition) is 1. The summed E-state index contributed by atoms with van der Waals surface area (Å²) < 4.78 is 5.47. The van der Waals surface area contributed by atoms with Gasteiger partial charge in [-0.05, 0) is 59.8 Å². The first kappa shape index (κ1) is 20.7. The molecule has 6 nitrogen and oxygen atoms in total. The molecular formula is C21H17ClN2O4S. The second kappa shape index (κ2) is 9.45. The molecule has 1 saturated heterocycles. The highest BCUT2D eigenvalue weighted by atomic mass is 35.5. The van der Waals surface area contributed by atoms with Crippen LogP contribution < -0.4 is 10.1 Å². The van der Waals surface area contributed by atoms with Crippen molar-refractivity contribution in [3.63, 3.8) is 0 Å². The van der Waals surface area contributed by atoms with Gasteiger partial charge in [-0.15, -0.1) is 0 Å². The lowest BCUT2D eigenvalue weighted by molar-refractivity contribution is -0.127. The van der Waals surface area contributed by atoms with E-state index in [-0.39, 0.29) is 11.4 Å². The van der Waals surface area contributed by atoms with E-state index in [2.05, 4.69) is 11.9 Å². The van der Waals surface area contributed by atoms with E-state index in [0.717, 1.165) is 16.7 Å². The van der Waals surface area contributed by atoms with Gasteiger partial charge in [0, 0.05) is 10.7 Å². The van der Waals surface area contributed by atoms with Gasteiger partial charge in [0.2, 0.25) is 5.91 Å². The summed E-state index contributed by atoms with van der Waals surface area (Å²) in [6.45, 7) is 3.59. The lowest BCUT2D eigenvalue weighted by Crippen LogP contribution is -2.36. The Morgan fingerprint density at radius 1 is 1.21 bits per heavy atom. The van der Waals surface area contributed by atoms with Gasteiger partial charge in [-0.3, -0.25) is 19.3 Å². The van der Waals surface area contributed by atoms with Crippen LogP contribution in [0.2, 0.25) is 5.02 Å². The topological polar surface area (TPSA) is 75.7 Å². The normalized spacial score (nSPS) is 14.9. The number of carbonyl (C=O) groups excluding carboxylic acids is 3. The zero-order chi connectivity index (χ0) is 20.8. The number of nitrogens with one attached hydrogen (secondary N) is 1. The third-order valence-electron chi connectivity index (χ3n) is 3.83. The predicted octanol–water partition coefficient (Wildman–Crippen LogP) is 4.58. The standard InChI is InChI=1S/C21H17ClN2O4S/c1-2-10-28-17-5-3-4-14(11-17)12-18-20(26)24(21(27)29-18)13-19(25)23-16-8-6-15(22)7-9-16/h2-9,11-12H,1,10,13H2,(H,23,25)/b18-12+. The highest BCUT2D eigenvalue weighted by molar-refractivity contribution is 8.18. The lowest BCUT2D eigenvalue weighted by atomic mass is 10.2. The van der Waals surface area contributed by atoms with Crippen LogP contribution in [0.5, 0.6) is 5.75 Å². The number of imide groups is 1. The monoisotopic (exact) mass is 428 g/mol. The molecule has 148 valence electrons. The zero-order valence-corrected chi connectivity index (χ0v) is 16.8. The zero-order valence-electron chi connectivity index (χ0n) is 15.3. The van der Waals surface area contributed by atoms with Crippen molar-refractivity contribution in [2.24, 2.45) is 0 Å². The number of nitrogens with zero attached hydrogens (tertiary/aromatic N) is 1. The van der Waals surface area contributed by atoms with Crippen LogP contribution >= 0.6 is 23.4 Å². The van der Waals surface area contributed by atoms with Crippen LogP contribution in [0.1, 0.15) is 5.56 Å². The van der Waals surface area contributed by atoms with Crippen molar-refractivity contribution in [3.8, 4) is 5.75 Å². The Bertz CT molecular complexity index is 988. The molecule has 0 atom stereocenters. The Labute approximate surface area is 177 Å². The van der Waals surface area contributed by atoms with Crippen molar-refractivity contribution in [2.75, 3.05) is 18.5 Å². The van der Waals surface area contributed by atoms with E-state index < -0.39 is 17.1 Å². The van der Waals surface area contributed by atoms with Crippen LogP contribution in [0.3, 0.4) is 0 Å². The number of ether oxygens (including phenoxy) is 1. The molecule has 0 spiro atoms. The van der Waals surface area contributed by atoms with Gasteiger partial charge in [0.25, 0.3) is 11.1 Å². The maximum Gasteiger partial charge on any atom is 0.294 e. The lowest BCUT2D eigenvalue weighted by Gasteiger charge is -2.12. The summed E-state index contributed by atoms with van der Waals surface area (Å²) in [6, 6.07) is 13.7. The Kier molecular flexibility index (Phi) is 6.74. The first-order valence-corrected chi connectivity index (χ1v) is 9.80. The maximum absolute atomic E-state index is 12.6. The molecule has 0 aromatic heterocycles. The number of amides is 3. The SMILES string of the molecule is C=CCOc1cccc(/C=C2/SC(=O)N(CC(=O)Nc3ccc(Cl)cc3)C2=O)c1. The van der Waals surface area contributed by atoms with Gasteiger partial charge >= 0.3 is 0 Å². The first-order chi connectivity index (χ1) is 14.0. The van der Waals surface area contributed by atoms with Crippen molar-refractivity contribution in [1.29, 1.82) is 0 Å². The number of hydrogen-bond acceptors (Lipinski definition) is 5. The van der Waals surface area contributed by atoms with Crippen molar-refractivity contribution in [2.45, 2.75) is 0 Å². The summed E-state index contributed by atoms with van der Waals surface area (Å²) in [4.78, 5) is 38.2. The van der Waals surface area contributed by atoms with Gasteiger partial charge in [-0.25, -0.2) is 0 Å². The number of anilines is 1. The third-order valence-corrected chi connectivity index (χ3v) is 4.99. The van der Waals surface area contributed by atoms with Gasteiger partial charge in [0.05, 0.1) is 4.91 Å². The van der Waals surface area contributed by atoms with E-state index in [1.54, 1.807) is 60.7 Å². The second-order valence-corrected chi connectivity index (χ2v) is 7.42. The van der Waals surface area contributed by atoms with E-state index in [1.807, 2.05) is 0 Å². The average molecular weight is 429 g/mol. The summed E-state index contributed by atoms with van der Waals surface area (Å²) in [5, 5.41) is 2.68. The number of benzene rings is 2. The largest absolute Gasteiger partial charge is 0.490 e. The minimum absolute atomic E-state index is 0.246. The fraction of sp³-hybridized carbons (Fsp3) is 0.0952. The molecular weight excluding hydrogens is 412 g/mol. The number of halogens is 1. The molecule has 3 amide bonds. The molecule has 2 aromatic carbocycles. The van der Waals surface area contributed by atoms with Gasteiger partial charge in [0.15, 0.2) is 0 Å². The molecule has 1 fully saturated rings. The molecule has 29 heavy (non-hydrogen) atoms. The molecule has 0 bridgehead atoms. The van der Waals surface area contributed by atoms with Crippen LogP contribution in [-0.2, 0) is 9.59 Å². The predicted molar refractivity (Wildman–Crippen MR) is 115 cm³/mol. The molecule has 0 unspecified atom stereocenters. The van der Waals surface area contributed by atoms with E-state index in [9.17, 15) is 14.4 Å². The van der Waals surface area contributed by atoms with Crippen molar-refractivity contribution >= 4 is 52.2 Å². The van der Waals surface area contributed by atoms with Gasteiger partial charge in [-0.2, -0.15) is 0 Å². The van der Waals surface area contributed by atoms with Gasteiger partial charge in [-0.1, -0.05) is 36.4 Å². The van der Waals surface area contributed by atoms with E-state index in [4.69, 9.17) is 16.3 Å². The average Bonchev–Trinajstić information content (AvgIpc) is 2.96. The highest BCUT2D eigenvalue weighted by Crippen LogP contribution is 2.32. The smallest absolute Gasteiger partial charge is 0.294 e.